The van der Waals surface area contributed by atoms with Crippen LogP contribution < -0.4 is 10.1 Å². The highest BCUT2D eigenvalue weighted by molar-refractivity contribution is 9.10. The van der Waals surface area contributed by atoms with Crippen molar-refractivity contribution in [2.24, 2.45) is 5.92 Å². The van der Waals surface area contributed by atoms with Crippen molar-refractivity contribution in [3.05, 3.63) is 28.2 Å². The van der Waals surface area contributed by atoms with Crippen molar-refractivity contribution in [1.29, 1.82) is 0 Å². The number of alkyl halides is 1. The number of amides is 1. The number of nitrogens with one attached hydrogen (secondary N) is 1. The van der Waals surface area contributed by atoms with Crippen LogP contribution in [0.1, 0.15) is 36.0 Å². The molecule has 2 unspecified atom stereocenters. The summed E-state index contributed by atoms with van der Waals surface area (Å²) in [5, 5.41) is 4.12. The largest absolute Gasteiger partial charge is 0.497 e. The Morgan fingerprint density at radius 2 is 2.15 bits per heavy atom. The van der Waals surface area contributed by atoms with Crippen LogP contribution in [0.25, 0.3) is 0 Å². The maximum absolute atomic E-state index is 12.5. The highest BCUT2D eigenvalue weighted by Crippen LogP contribution is 2.27. The van der Waals surface area contributed by atoms with Crippen molar-refractivity contribution < 1.29 is 9.53 Å². The number of carbonyl (C=O) groups is 1. The standard InChI is InChI=1S/C15H19Br2NO2/c1-20-11-6-7-13(17)12(8-11)15(19)18-14-5-3-2-4-10(14)9-16/h6-8,10,14H,2-5,9H2,1H3,(H,18,19). The average Bonchev–Trinajstić information content (AvgIpc) is 2.48. The Labute approximate surface area is 136 Å². The fourth-order valence-corrected chi connectivity index (χ4v) is 3.84. The molecule has 1 fully saturated rings. The lowest BCUT2D eigenvalue weighted by molar-refractivity contribution is 0.0910. The molecule has 1 amide bonds. The Hall–Kier alpha value is -0.550. The van der Waals surface area contributed by atoms with Gasteiger partial charge in [-0.3, -0.25) is 4.79 Å². The molecule has 1 aromatic rings. The van der Waals surface area contributed by atoms with Gasteiger partial charge in [-0.2, -0.15) is 0 Å². The van der Waals surface area contributed by atoms with E-state index >= 15 is 0 Å². The Balaban J connectivity index is 2.11. The molecule has 1 aliphatic carbocycles. The van der Waals surface area contributed by atoms with Gasteiger partial charge in [0.1, 0.15) is 5.75 Å². The molecule has 0 radical (unpaired) electrons. The first kappa shape index (κ1) is 15.8. The molecule has 0 aromatic heterocycles. The summed E-state index contributed by atoms with van der Waals surface area (Å²) in [4.78, 5) is 12.5. The van der Waals surface area contributed by atoms with E-state index in [1.54, 1.807) is 13.2 Å². The molecule has 0 aliphatic heterocycles. The van der Waals surface area contributed by atoms with E-state index in [0.717, 1.165) is 16.2 Å². The minimum absolute atomic E-state index is 0.0337. The lowest BCUT2D eigenvalue weighted by Gasteiger charge is -2.31. The topological polar surface area (TPSA) is 38.3 Å². The van der Waals surface area contributed by atoms with Crippen LogP contribution in [0.2, 0.25) is 0 Å². The monoisotopic (exact) mass is 403 g/mol. The van der Waals surface area contributed by atoms with E-state index in [9.17, 15) is 4.79 Å². The molecule has 0 saturated heterocycles. The molecule has 0 heterocycles. The molecule has 110 valence electrons. The Kier molecular flexibility index (Phi) is 5.90. The SMILES string of the molecule is COc1ccc(Br)c(C(=O)NC2CCCCC2CBr)c1. The fraction of sp³-hybridized carbons (Fsp3) is 0.533. The van der Waals surface area contributed by atoms with Gasteiger partial charge in [-0.1, -0.05) is 28.8 Å². The van der Waals surface area contributed by atoms with Crippen molar-refractivity contribution in [3.8, 4) is 5.75 Å². The summed E-state index contributed by atoms with van der Waals surface area (Å²) >= 11 is 6.99. The molecule has 0 bridgehead atoms. The van der Waals surface area contributed by atoms with E-state index in [2.05, 4.69) is 37.2 Å². The third kappa shape index (κ3) is 3.76. The molecular formula is C15H19Br2NO2. The van der Waals surface area contributed by atoms with Gasteiger partial charge in [-0.15, -0.1) is 0 Å². The van der Waals surface area contributed by atoms with E-state index in [1.165, 1.54) is 19.3 Å². The fourth-order valence-electron chi connectivity index (χ4n) is 2.63. The van der Waals surface area contributed by atoms with Gasteiger partial charge in [-0.25, -0.2) is 0 Å². The predicted molar refractivity (Wildman–Crippen MR) is 87.7 cm³/mol. The lowest BCUT2D eigenvalue weighted by Crippen LogP contribution is -2.42. The van der Waals surface area contributed by atoms with Crippen LogP contribution in [0.5, 0.6) is 5.75 Å². The summed E-state index contributed by atoms with van der Waals surface area (Å²) in [5.74, 6) is 1.18. The van der Waals surface area contributed by atoms with Crippen molar-refractivity contribution in [2.75, 3.05) is 12.4 Å². The Morgan fingerprint density at radius 1 is 1.40 bits per heavy atom. The van der Waals surface area contributed by atoms with E-state index in [4.69, 9.17) is 4.74 Å². The van der Waals surface area contributed by atoms with Gasteiger partial charge in [0.05, 0.1) is 12.7 Å². The maximum Gasteiger partial charge on any atom is 0.252 e. The van der Waals surface area contributed by atoms with Crippen LogP contribution in [0.3, 0.4) is 0 Å². The zero-order valence-corrected chi connectivity index (χ0v) is 14.7. The maximum atomic E-state index is 12.5. The van der Waals surface area contributed by atoms with Gasteiger partial charge in [0, 0.05) is 15.8 Å². The summed E-state index contributed by atoms with van der Waals surface area (Å²) < 4.78 is 5.98. The zero-order chi connectivity index (χ0) is 14.5. The van der Waals surface area contributed by atoms with E-state index in [-0.39, 0.29) is 11.9 Å². The first-order valence-corrected chi connectivity index (χ1v) is 8.77. The highest BCUT2D eigenvalue weighted by atomic mass is 79.9. The second kappa shape index (κ2) is 7.46. The molecule has 1 aromatic carbocycles. The number of rotatable bonds is 4. The summed E-state index contributed by atoms with van der Waals surface area (Å²) in [7, 11) is 1.60. The van der Waals surface area contributed by atoms with Crippen LogP contribution in [0.4, 0.5) is 0 Å². The molecule has 3 nitrogen and oxygen atoms in total. The molecule has 1 saturated carbocycles. The third-order valence-electron chi connectivity index (χ3n) is 3.84. The molecule has 5 heteroatoms. The summed E-state index contributed by atoms with van der Waals surface area (Å²) in [6, 6.07) is 5.71. The van der Waals surface area contributed by atoms with Crippen molar-refractivity contribution in [2.45, 2.75) is 31.7 Å². The molecular weight excluding hydrogens is 386 g/mol. The first-order chi connectivity index (χ1) is 9.65. The Morgan fingerprint density at radius 3 is 2.85 bits per heavy atom. The van der Waals surface area contributed by atoms with Crippen LogP contribution in [-0.4, -0.2) is 24.4 Å². The number of benzene rings is 1. The molecule has 2 atom stereocenters. The second-order valence-corrected chi connectivity index (χ2v) is 6.63. The minimum Gasteiger partial charge on any atom is -0.497 e. The normalized spacial score (nSPS) is 22.4. The van der Waals surface area contributed by atoms with Crippen molar-refractivity contribution >= 4 is 37.8 Å². The highest BCUT2D eigenvalue weighted by Gasteiger charge is 2.26. The second-order valence-electron chi connectivity index (χ2n) is 5.12. The smallest absolute Gasteiger partial charge is 0.252 e. The molecule has 2 rings (SSSR count). The minimum atomic E-state index is -0.0337. The van der Waals surface area contributed by atoms with Crippen molar-refractivity contribution in [3.63, 3.8) is 0 Å². The van der Waals surface area contributed by atoms with Crippen molar-refractivity contribution in [1.82, 2.24) is 5.32 Å². The van der Waals surface area contributed by atoms with Gasteiger partial charge in [-0.05, 0) is 52.9 Å². The zero-order valence-electron chi connectivity index (χ0n) is 11.5. The predicted octanol–water partition coefficient (Wildman–Crippen LogP) is 4.14. The first-order valence-electron chi connectivity index (χ1n) is 6.86. The third-order valence-corrected chi connectivity index (χ3v) is 5.37. The number of hydrogen-bond acceptors (Lipinski definition) is 2. The Bertz CT molecular complexity index is 479. The van der Waals surface area contributed by atoms with Crippen LogP contribution in [0, 0.1) is 5.92 Å². The number of ether oxygens (including phenoxy) is 1. The van der Waals surface area contributed by atoms with Crippen LogP contribution in [-0.2, 0) is 0 Å². The van der Waals surface area contributed by atoms with Gasteiger partial charge < -0.3 is 10.1 Å². The van der Waals surface area contributed by atoms with E-state index in [1.807, 2.05) is 12.1 Å². The molecule has 0 spiro atoms. The lowest BCUT2D eigenvalue weighted by atomic mass is 9.86. The van der Waals surface area contributed by atoms with E-state index in [0.29, 0.717) is 17.2 Å². The summed E-state index contributed by atoms with van der Waals surface area (Å²) in [6.45, 7) is 0. The number of carbonyl (C=O) groups excluding carboxylic acids is 1. The van der Waals surface area contributed by atoms with Gasteiger partial charge >= 0.3 is 0 Å². The van der Waals surface area contributed by atoms with E-state index < -0.39 is 0 Å². The van der Waals surface area contributed by atoms with Gasteiger partial charge in [0.15, 0.2) is 0 Å². The number of hydrogen-bond donors (Lipinski definition) is 1. The summed E-state index contributed by atoms with van der Waals surface area (Å²) in [5.41, 5.74) is 0.628. The summed E-state index contributed by atoms with van der Waals surface area (Å²) in [6.07, 6.45) is 4.68. The quantitative estimate of drug-likeness (QED) is 0.765. The molecule has 1 aliphatic rings. The van der Waals surface area contributed by atoms with Gasteiger partial charge in [0.2, 0.25) is 0 Å². The average molecular weight is 405 g/mol. The number of methoxy groups -OCH3 is 1. The number of halogens is 2. The van der Waals surface area contributed by atoms with Crippen LogP contribution >= 0.6 is 31.9 Å². The van der Waals surface area contributed by atoms with Gasteiger partial charge in [0.25, 0.3) is 5.91 Å². The molecule has 1 N–H and O–H groups in total. The molecule has 20 heavy (non-hydrogen) atoms. The van der Waals surface area contributed by atoms with Crippen LogP contribution in [0.15, 0.2) is 22.7 Å².